The lowest BCUT2D eigenvalue weighted by atomic mass is 10.1. The van der Waals surface area contributed by atoms with Crippen LogP contribution in [0.3, 0.4) is 0 Å². The maximum atomic E-state index is 12.5. The van der Waals surface area contributed by atoms with E-state index in [1.165, 1.54) is 11.4 Å². The summed E-state index contributed by atoms with van der Waals surface area (Å²) >= 11 is 0. The van der Waals surface area contributed by atoms with Crippen molar-refractivity contribution in [2.24, 2.45) is 0 Å². The third kappa shape index (κ3) is 5.26. The molecule has 0 spiro atoms. The highest BCUT2D eigenvalue weighted by atomic mass is 32.2. The number of aliphatic carboxylic acids is 1. The number of nitrogens with one attached hydrogen (secondary N) is 1. The first-order valence-corrected chi connectivity index (χ1v) is 9.89. The summed E-state index contributed by atoms with van der Waals surface area (Å²) in [7, 11) is -2.08. The van der Waals surface area contributed by atoms with Gasteiger partial charge in [-0.25, -0.2) is 13.2 Å². The molecule has 0 bridgehead atoms. The second-order valence-electron chi connectivity index (χ2n) is 6.17. The van der Waals surface area contributed by atoms with Crippen molar-refractivity contribution in [3.63, 3.8) is 0 Å². The Morgan fingerprint density at radius 3 is 2.38 bits per heavy atom. The van der Waals surface area contributed by atoms with E-state index in [1.807, 2.05) is 0 Å². The summed E-state index contributed by atoms with van der Waals surface area (Å²) in [4.78, 5) is 23.1. The van der Waals surface area contributed by atoms with E-state index in [0.717, 1.165) is 18.4 Å². The maximum absolute atomic E-state index is 12.5. The number of benzene rings is 1. The van der Waals surface area contributed by atoms with Gasteiger partial charge in [0.15, 0.2) is 6.04 Å². The molecule has 0 saturated carbocycles. The van der Waals surface area contributed by atoms with Gasteiger partial charge in [0.1, 0.15) is 0 Å². The number of hydrogen-bond donors (Lipinski definition) is 2. The minimum Gasteiger partial charge on any atom is -0.480 e. The number of rotatable bonds is 9. The Kier molecular flexibility index (Phi) is 7.13. The van der Waals surface area contributed by atoms with Gasteiger partial charge in [-0.2, -0.15) is 4.31 Å². The molecular weight excluding hydrogens is 360 g/mol. The van der Waals surface area contributed by atoms with Crippen molar-refractivity contribution >= 4 is 21.9 Å². The molecule has 1 fully saturated rings. The number of carbonyl (C=O) groups is 2. The van der Waals surface area contributed by atoms with Crippen molar-refractivity contribution in [3.8, 4) is 0 Å². The Morgan fingerprint density at radius 1 is 1.23 bits per heavy atom. The highest BCUT2D eigenvalue weighted by Crippen LogP contribution is 2.21. The van der Waals surface area contributed by atoms with Crippen LogP contribution in [0.15, 0.2) is 29.2 Å². The summed E-state index contributed by atoms with van der Waals surface area (Å²) in [6, 6.07) is 5.37. The van der Waals surface area contributed by atoms with Gasteiger partial charge in [-0.05, 0) is 37.0 Å². The minimum atomic E-state index is -3.44. The van der Waals surface area contributed by atoms with Gasteiger partial charge in [0.05, 0.1) is 11.5 Å². The van der Waals surface area contributed by atoms with Crippen molar-refractivity contribution in [1.82, 2.24) is 9.62 Å². The van der Waals surface area contributed by atoms with Crippen LogP contribution in [0.5, 0.6) is 0 Å². The lowest BCUT2D eigenvalue weighted by Crippen LogP contribution is -2.43. The summed E-state index contributed by atoms with van der Waals surface area (Å²) in [5, 5.41) is 11.4. The number of nitrogens with zero attached hydrogens (tertiary/aromatic N) is 1. The lowest BCUT2D eigenvalue weighted by molar-refractivity contribution is -0.143. The molecule has 0 aromatic heterocycles. The molecule has 0 aliphatic carbocycles. The quantitative estimate of drug-likeness (QED) is 0.645. The Labute approximate surface area is 153 Å². The average Bonchev–Trinajstić information content (AvgIpc) is 3.15. The smallest absolute Gasteiger partial charge is 0.328 e. The van der Waals surface area contributed by atoms with Gasteiger partial charge in [-0.15, -0.1) is 0 Å². The molecule has 26 heavy (non-hydrogen) atoms. The van der Waals surface area contributed by atoms with Gasteiger partial charge in [-0.1, -0.05) is 12.1 Å². The van der Waals surface area contributed by atoms with E-state index in [9.17, 15) is 18.0 Å². The Hall–Kier alpha value is -1.97. The molecule has 2 rings (SSSR count). The van der Waals surface area contributed by atoms with Crippen LogP contribution in [0.2, 0.25) is 0 Å². The van der Waals surface area contributed by atoms with E-state index in [4.69, 9.17) is 9.84 Å². The van der Waals surface area contributed by atoms with Crippen LogP contribution in [0.25, 0.3) is 0 Å². The molecule has 2 N–H and O–H groups in total. The largest absolute Gasteiger partial charge is 0.480 e. The fourth-order valence-electron chi connectivity index (χ4n) is 2.77. The molecule has 144 valence electrons. The number of sulfonamides is 1. The van der Waals surface area contributed by atoms with Crippen LogP contribution in [0.4, 0.5) is 0 Å². The van der Waals surface area contributed by atoms with Crippen LogP contribution >= 0.6 is 0 Å². The van der Waals surface area contributed by atoms with E-state index in [0.29, 0.717) is 19.5 Å². The zero-order chi connectivity index (χ0) is 19.2. The van der Waals surface area contributed by atoms with Crippen molar-refractivity contribution in [2.45, 2.75) is 36.6 Å². The van der Waals surface area contributed by atoms with E-state index in [-0.39, 0.29) is 17.9 Å². The maximum Gasteiger partial charge on any atom is 0.328 e. The molecule has 1 aliphatic heterocycles. The van der Waals surface area contributed by atoms with Crippen LogP contribution in [-0.2, 0) is 30.8 Å². The second kappa shape index (κ2) is 9.11. The van der Waals surface area contributed by atoms with Gasteiger partial charge in [0, 0.05) is 26.6 Å². The number of hydrogen-bond acceptors (Lipinski definition) is 5. The predicted octanol–water partition coefficient (Wildman–Crippen LogP) is 0.620. The van der Waals surface area contributed by atoms with Crippen LogP contribution in [0.1, 0.15) is 24.8 Å². The summed E-state index contributed by atoms with van der Waals surface area (Å²) in [5.74, 6) is -1.56. The van der Waals surface area contributed by atoms with E-state index >= 15 is 0 Å². The van der Waals surface area contributed by atoms with Crippen molar-refractivity contribution < 1.29 is 27.9 Å². The number of carbonyl (C=O) groups excluding carboxylic acids is 1. The molecule has 1 aromatic carbocycles. The molecule has 1 unspecified atom stereocenters. The summed E-state index contributed by atoms with van der Waals surface area (Å²) in [6.45, 7) is 0.997. The number of ether oxygens (including phenoxy) is 1. The van der Waals surface area contributed by atoms with Gasteiger partial charge in [0.25, 0.3) is 0 Å². The standard InChI is InChI=1S/C17H24N2O6S/c1-25-12-15(17(21)22)18-16(20)9-6-13-4-7-14(8-5-13)26(23,24)19-10-2-3-11-19/h4-5,7-8,15H,2-3,6,9-12H2,1H3,(H,18,20)(H,21,22). The van der Waals surface area contributed by atoms with Crippen molar-refractivity contribution in [1.29, 1.82) is 0 Å². The number of carboxylic acids is 1. The fraction of sp³-hybridized carbons (Fsp3) is 0.529. The second-order valence-corrected chi connectivity index (χ2v) is 8.11. The normalized spacial score (nSPS) is 16.3. The zero-order valence-electron chi connectivity index (χ0n) is 14.7. The highest BCUT2D eigenvalue weighted by molar-refractivity contribution is 7.89. The molecule has 1 saturated heterocycles. The summed E-state index contributed by atoms with van der Waals surface area (Å²) < 4.78 is 31.1. The third-order valence-corrected chi connectivity index (χ3v) is 6.15. The topological polar surface area (TPSA) is 113 Å². The highest BCUT2D eigenvalue weighted by Gasteiger charge is 2.27. The molecule has 1 aliphatic rings. The molecule has 1 atom stereocenters. The van der Waals surface area contributed by atoms with Crippen LogP contribution in [0, 0.1) is 0 Å². The number of amides is 1. The molecule has 1 amide bonds. The van der Waals surface area contributed by atoms with E-state index in [1.54, 1.807) is 24.3 Å². The fourth-order valence-corrected chi connectivity index (χ4v) is 4.29. The molecule has 0 radical (unpaired) electrons. The van der Waals surface area contributed by atoms with Gasteiger partial charge < -0.3 is 15.2 Å². The lowest BCUT2D eigenvalue weighted by Gasteiger charge is -2.15. The SMILES string of the molecule is COCC(NC(=O)CCc1ccc(S(=O)(=O)N2CCCC2)cc1)C(=O)O. The van der Waals surface area contributed by atoms with Crippen LogP contribution in [-0.4, -0.2) is 62.6 Å². The molecule has 9 heteroatoms. The molecular formula is C17H24N2O6S. The van der Waals surface area contributed by atoms with Crippen molar-refractivity contribution in [2.75, 3.05) is 26.8 Å². The average molecular weight is 384 g/mol. The third-order valence-electron chi connectivity index (χ3n) is 4.23. The Bertz CT molecular complexity index is 726. The van der Waals surface area contributed by atoms with Gasteiger partial charge >= 0.3 is 5.97 Å². The van der Waals surface area contributed by atoms with E-state index < -0.39 is 27.9 Å². The van der Waals surface area contributed by atoms with Crippen LogP contribution < -0.4 is 5.32 Å². The molecule has 8 nitrogen and oxygen atoms in total. The summed E-state index contributed by atoms with van der Waals surface area (Å²) in [6.07, 6.45) is 2.25. The zero-order valence-corrected chi connectivity index (χ0v) is 15.5. The Morgan fingerprint density at radius 2 is 1.85 bits per heavy atom. The summed E-state index contributed by atoms with van der Waals surface area (Å²) in [5.41, 5.74) is 0.805. The number of carboxylic acid groups (broad SMARTS) is 1. The monoisotopic (exact) mass is 384 g/mol. The van der Waals surface area contributed by atoms with Gasteiger partial charge in [-0.3, -0.25) is 4.79 Å². The molecule has 1 aromatic rings. The first kappa shape index (κ1) is 20.3. The first-order valence-electron chi connectivity index (χ1n) is 8.45. The predicted molar refractivity (Wildman–Crippen MR) is 94.2 cm³/mol. The molecule has 1 heterocycles. The van der Waals surface area contributed by atoms with Gasteiger partial charge in [0.2, 0.25) is 15.9 Å². The van der Waals surface area contributed by atoms with E-state index in [2.05, 4.69) is 5.32 Å². The number of methoxy groups -OCH3 is 1. The number of aryl methyl sites for hydroxylation is 1. The first-order chi connectivity index (χ1) is 12.3. The Balaban J connectivity index is 1.91. The minimum absolute atomic E-state index is 0.103. The van der Waals surface area contributed by atoms with Crippen molar-refractivity contribution in [3.05, 3.63) is 29.8 Å².